The van der Waals surface area contributed by atoms with Gasteiger partial charge in [0.1, 0.15) is 5.75 Å². The van der Waals surface area contributed by atoms with Gasteiger partial charge in [0.05, 0.1) is 18.4 Å². The average molecular weight is 350 g/mol. The average Bonchev–Trinajstić information content (AvgIpc) is 2.56. The number of methoxy groups -OCH3 is 1. The monoisotopic (exact) mass is 349 g/mol. The molecule has 2 rings (SSSR count). The minimum Gasteiger partial charge on any atom is -0.496 e. The summed E-state index contributed by atoms with van der Waals surface area (Å²) >= 11 is 7.25. The van der Waals surface area contributed by atoms with Crippen molar-refractivity contribution in [2.75, 3.05) is 12.9 Å². The van der Waals surface area contributed by atoms with Gasteiger partial charge in [-0.3, -0.25) is 14.9 Å². The summed E-state index contributed by atoms with van der Waals surface area (Å²) in [4.78, 5) is 23.9. The molecule has 0 saturated carbocycles. The minimum absolute atomic E-state index is 0.198. The van der Waals surface area contributed by atoms with Gasteiger partial charge in [0, 0.05) is 10.8 Å². The van der Waals surface area contributed by atoms with Crippen LogP contribution < -0.4 is 10.1 Å². The first-order chi connectivity index (χ1) is 11.1. The summed E-state index contributed by atoms with van der Waals surface area (Å²) in [7, 11) is 1.48. The highest BCUT2D eigenvalue weighted by molar-refractivity contribution is 7.99. The Kier molecular flexibility index (Phi) is 6.50. The van der Waals surface area contributed by atoms with Crippen LogP contribution in [0, 0.1) is 0 Å². The highest BCUT2D eigenvalue weighted by atomic mass is 35.5. The lowest BCUT2D eigenvalue weighted by Crippen LogP contribution is -2.32. The van der Waals surface area contributed by atoms with Crippen molar-refractivity contribution in [2.24, 2.45) is 0 Å². The number of rotatable bonds is 6. The number of nitrogens with one attached hydrogen (secondary N) is 1. The predicted octanol–water partition coefficient (Wildman–Crippen LogP) is 3.54. The van der Waals surface area contributed by atoms with E-state index in [0.29, 0.717) is 22.1 Å². The zero-order chi connectivity index (χ0) is 16.7. The van der Waals surface area contributed by atoms with Gasteiger partial charge in [-0.2, -0.15) is 0 Å². The SMILES string of the molecule is COc1ccccc1C(=O)NC(=O)CSCc1ccc(Cl)cc1. The Hall–Kier alpha value is -1.98. The van der Waals surface area contributed by atoms with E-state index < -0.39 is 5.91 Å². The lowest BCUT2D eigenvalue weighted by atomic mass is 10.2. The van der Waals surface area contributed by atoms with Crippen LogP contribution in [0.15, 0.2) is 48.5 Å². The molecule has 0 spiro atoms. The largest absolute Gasteiger partial charge is 0.496 e. The third-order valence-electron chi connectivity index (χ3n) is 3.02. The lowest BCUT2D eigenvalue weighted by molar-refractivity contribution is -0.117. The van der Waals surface area contributed by atoms with Gasteiger partial charge in [0.2, 0.25) is 5.91 Å². The van der Waals surface area contributed by atoms with Crippen LogP contribution in [0.1, 0.15) is 15.9 Å². The zero-order valence-electron chi connectivity index (χ0n) is 12.5. The van der Waals surface area contributed by atoms with Crippen LogP contribution in [0.5, 0.6) is 5.75 Å². The Bertz CT molecular complexity index is 688. The van der Waals surface area contributed by atoms with Crippen LogP contribution in [0.25, 0.3) is 0 Å². The molecule has 0 aliphatic rings. The number of thioether (sulfide) groups is 1. The minimum atomic E-state index is -0.459. The van der Waals surface area contributed by atoms with E-state index >= 15 is 0 Å². The highest BCUT2D eigenvalue weighted by Gasteiger charge is 2.14. The molecule has 0 radical (unpaired) electrons. The number of imide groups is 1. The van der Waals surface area contributed by atoms with Gasteiger partial charge in [-0.15, -0.1) is 11.8 Å². The first kappa shape index (κ1) is 17.4. The van der Waals surface area contributed by atoms with E-state index in [2.05, 4.69) is 5.32 Å². The van der Waals surface area contributed by atoms with E-state index in [1.807, 2.05) is 24.3 Å². The molecule has 0 aliphatic heterocycles. The fourth-order valence-corrected chi connectivity index (χ4v) is 2.82. The number of ether oxygens (including phenoxy) is 1. The summed E-state index contributed by atoms with van der Waals surface area (Å²) in [5.74, 6) is 0.516. The van der Waals surface area contributed by atoms with E-state index in [1.165, 1.54) is 18.9 Å². The van der Waals surface area contributed by atoms with Crippen molar-refractivity contribution in [1.82, 2.24) is 5.32 Å². The van der Waals surface area contributed by atoms with Gasteiger partial charge in [0.25, 0.3) is 5.91 Å². The van der Waals surface area contributed by atoms with Crippen molar-refractivity contribution < 1.29 is 14.3 Å². The van der Waals surface area contributed by atoms with Gasteiger partial charge < -0.3 is 4.74 Å². The number of amides is 2. The van der Waals surface area contributed by atoms with Crippen LogP contribution in [0.4, 0.5) is 0 Å². The molecule has 0 aliphatic carbocycles. The quantitative estimate of drug-likeness (QED) is 0.866. The summed E-state index contributed by atoms with van der Waals surface area (Å²) in [6, 6.07) is 14.2. The van der Waals surface area contributed by atoms with Crippen LogP contribution in [0.3, 0.4) is 0 Å². The molecule has 0 saturated heterocycles. The number of hydrogen-bond donors (Lipinski definition) is 1. The Labute approximate surface area is 144 Å². The van der Waals surface area contributed by atoms with Gasteiger partial charge in [-0.05, 0) is 29.8 Å². The molecule has 120 valence electrons. The zero-order valence-corrected chi connectivity index (χ0v) is 14.1. The second-order valence-corrected chi connectivity index (χ2v) is 6.12. The van der Waals surface area contributed by atoms with Crippen molar-refractivity contribution in [3.63, 3.8) is 0 Å². The molecule has 0 heterocycles. The molecule has 2 aromatic rings. The van der Waals surface area contributed by atoms with Crippen molar-refractivity contribution in [3.05, 3.63) is 64.7 Å². The fourth-order valence-electron chi connectivity index (χ4n) is 1.90. The standard InChI is InChI=1S/C17H16ClNO3S/c1-22-15-5-3-2-4-14(15)17(21)19-16(20)11-23-10-12-6-8-13(18)9-7-12/h2-9H,10-11H2,1H3,(H,19,20,21). The van der Waals surface area contributed by atoms with E-state index in [9.17, 15) is 9.59 Å². The number of carbonyl (C=O) groups is 2. The lowest BCUT2D eigenvalue weighted by Gasteiger charge is -2.08. The maximum Gasteiger partial charge on any atom is 0.261 e. The smallest absolute Gasteiger partial charge is 0.261 e. The number of halogens is 1. The number of para-hydroxylation sites is 1. The molecule has 0 unspecified atom stereocenters. The Morgan fingerprint density at radius 2 is 1.83 bits per heavy atom. The summed E-state index contributed by atoms with van der Waals surface area (Å²) < 4.78 is 5.11. The first-order valence-electron chi connectivity index (χ1n) is 6.89. The molecule has 0 fully saturated rings. The maximum atomic E-state index is 12.1. The molecule has 23 heavy (non-hydrogen) atoms. The van der Waals surface area contributed by atoms with Crippen LogP contribution in [-0.2, 0) is 10.5 Å². The molecular formula is C17H16ClNO3S. The van der Waals surface area contributed by atoms with Crippen LogP contribution >= 0.6 is 23.4 Å². The van der Waals surface area contributed by atoms with Crippen LogP contribution in [-0.4, -0.2) is 24.7 Å². The molecule has 6 heteroatoms. The number of benzene rings is 2. The predicted molar refractivity (Wildman–Crippen MR) is 93.1 cm³/mol. The fraction of sp³-hybridized carbons (Fsp3) is 0.176. The Morgan fingerprint density at radius 3 is 2.52 bits per heavy atom. The van der Waals surface area contributed by atoms with Crippen molar-refractivity contribution in [1.29, 1.82) is 0 Å². The topological polar surface area (TPSA) is 55.4 Å². The number of carbonyl (C=O) groups excluding carboxylic acids is 2. The maximum absolute atomic E-state index is 12.1. The Morgan fingerprint density at radius 1 is 1.13 bits per heavy atom. The third kappa shape index (κ3) is 5.30. The second-order valence-electron chi connectivity index (χ2n) is 4.70. The van der Waals surface area contributed by atoms with E-state index in [4.69, 9.17) is 16.3 Å². The summed E-state index contributed by atoms with van der Waals surface area (Å²) in [5.41, 5.74) is 1.41. The Balaban J connectivity index is 1.82. The molecule has 1 N–H and O–H groups in total. The second kappa shape index (κ2) is 8.60. The molecular weight excluding hydrogens is 334 g/mol. The van der Waals surface area contributed by atoms with E-state index in [1.54, 1.807) is 24.3 Å². The van der Waals surface area contributed by atoms with Gasteiger partial charge in [-0.25, -0.2) is 0 Å². The molecule has 4 nitrogen and oxygen atoms in total. The number of hydrogen-bond acceptors (Lipinski definition) is 4. The summed E-state index contributed by atoms with van der Waals surface area (Å²) in [6.07, 6.45) is 0. The van der Waals surface area contributed by atoms with E-state index in [-0.39, 0.29) is 11.7 Å². The summed E-state index contributed by atoms with van der Waals surface area (Å²) in [5, 5.41) is 3.05. The van der Waals surface area contributed by atoms with Crippen molar-refractivity contribution in [2.45, 2.75) is 5.75 Å². The molecule has 2 amide bonds. The van der Waals surface area contributed by atoms with Gasteiger partial charge in [-0.1, -0.05) is 35.9 Å². The molecule has 0 aromatic heterocycles. The van der Waals surface area contributed by atoms with Crippen molar-refractivity contribution in [3.8, 4) is 5.75 Å². The molecule has 0 atom stereocenters. The third-order valence-corrected chi connectivity index (χ3v) is 4.28. The van der Waals surface area contributed by atoms with Crippen LogP contribution in [0.2, 0.25) is 5.02 Å². The summed E-state index contributed by atoms with van der Waals surface area (Å²) in [6.45, 7) is 0. The highest BCUT2D eigenvalue weighted by Crippen LogP contribution is 2.17. The van der Waals surface area contributed by atoms with Gasteiger partial charge in [0.15, 0.2) is 0 Å². The first-order valence-corrected chi connectivity index (χ1v) is 8.43. The molecule has 0 bridgehead atoms. The van der Waals surface area contributed by atoms with Crippen molar-refractivity contribution >= 4 is 35.2 Å². The van der Waals surface area contributed by atoms with Gasteiger partial charge >= 0.3 is 0 Å². The normalized spacial score (nSPS) is 10.2. The molecule has 2 aromatic carbocycles. The van der Waals surface area contributed by atoms with E-state index in [0.717, 1.165) is 5.56 Å².